The third kappa shape index (κ3) is 5.23. The molecule has 0 saturated carbocycles. The summed E-state index contributed by atoms with van der Waals surface area (Å²) in [4.78, 5) is 25.6. The van der Waals surface area contributed by atoms with Crippen LogP contribution < -0.4 is 10.6 Å². The molecule has 156 valence electrons. The van der Waals surface area contributed by atoms with Crippen LogP contribution in [0.4, 0.5) is 5.13 Å². The van der Waals surface area contributed by atoms with E-state index < -0.39 is 11.9 Å². The smallest absolute Gasteiger partial charge is 0.253 e. The Morgan fingerprint density at radius 2 is 1.90 bits per heavy atom. The maximum absolute atomic E-state index is 12.9. The van der Waals surface area contributed by atoms with Crippen molar-refractivity contribution in [2.75, 3.05) is 5.32 Å². The van der Waals surface area contributed by atoms with Crippen molar-refractivity contribution in [3.05, 3.63) is 64.7 Å². The molecule has 6 nitrogen and oxygen atoms in total. The van der Waals surface area contributed by atoms with Gasteiger partial charge < -0.3 is 5.32 Å². The molecule has 0 aliphatic heterocycles. The Hall–Kier alpha value is -2.77. The van der Waals surface area contributed by atoms with E-state index in [1.54, 1.807) is 24.3 Å². The zero-order chi connectivity index (χ0) is 21.7. The number of anilines is 1. The zero-order valence-electron chi connectivity index (χ0n) is 17.0. The van der Waals surface area contributed by atoms with Gasteiger partial charge in [0, 0.05) is 5.56 Å². The average Bonchev–Trinajstić information content (AvgIpc) is 3.20. The molecule has 2 amide bonds. The lowest BCUT2D eigenvalue weighted by atomic mass is 9.98. The van der Waals surface area contributed by atoms with Crippen molar-refractivity contribution in [2.45, 2.75) is 33.2 Å². The molecule has 0 aliphatic rings. The first-order valence-corrected chi connectivity index (χ1v) is 10.8. The normalized spacial score (nSPS) is 12.8. The van der Waals surface area contributed by atoms with E-state index >= 15 is 0 Å². The van der Waals surface area contributed by atoms with Gasteiger partial charge in [-0.05, 0) is 31.0 Å². The van der Waals surface area contributed by atoms with Gasteiger partial charge in [0.1, 0.15) is 11.0 Å². The van der Waals surface area contributed by atoms with Crippen molar-refractivity contribution < 1.29 is 9.59 Å². The highest BCUT2D eigenvalue weighted by Crippen LogP contribution is 2.27. The van der Waals surface area contributed by atoms with Gasteiger partial charge in [-0.25, -0.2) is 0 Å². The molecule has 0 fully saturated rings. The monoisotopic (exact) mass is 442 g/mol. The van der Waals surface area contributed by atoms with Crippen LogP contribution in [0.3, 0.4) is 0 Å². The Kier molecular flexibility index (Phi) is 7.18. The van der Waals surface area contributed by atoms with E-state index in [2.05, 4.69) is 20.8 Å². The lowest BCUT2D eigenvalue weighted by Crippen LogP contribution is -2.47. The molecule has 1 aromatic heterocycles. The van der Waals surface area contributed by atoms with Crippen molar-refractivity contribution in [1.82, 2.24) is 15.5 Å². The van der Waals surface area contributed by atoms with Crippen LogP contribution in [0.5, 0.6) is 0 Å². The summed E-state index contributed by atoms with van der Waals surface area (Å²) >= 11 is 7.41. The molecular formula is C22H23ClN4O2S. The molecule has 2 atom stereocenters. The second kappa shape index (κ2) is 9.82. The molecule has 8 heteroatoms. The highest BCUT2D eigenvalue weighted by molar-refractivity contribution is 7.18. The summed E-state index contributed by atoms with van der Waals surface area (Å²) in [6, 6.07) is 13.9. The molecule has 3 rings (SSSR count). The molecule has 2 unspecified atom stereocenters. The summed E-state index contributed by atoms with van der Waals surface area (Å²) < 4.78 is 0. The van der Waals surface area contributed by atoms with E-state index in [9.17, 15) is 9.59 Å². The molecular weight excluding hydrogens is 420 g/mol. The third-order valence-corrected chi connectivity index (χ3v) is 6.04. The van der Waals surface area contributed by atoms with Crippen molar-refractivity contribution in [1.29, 1.82) is 0 Å². The van der Waals surface area contributed by atoms with E-state index in [-0.39, 0.29) is 11.8 Å². The zero-order valence-corrected chi connectivity index (χ0v) is 18.6. The lowest BCUT2D eigenvalue weighted by Gasteiger charge is -2.23. The van der Waals surface area contributed by atoms with E-state index in [4.69, 9.17) is 11.6 Å². The van der Waals surface area contributed by atoms with Crippen molar-refractivity contribution in [3.8, 4) is 10.6 Å². The first-order valence-electron chi connectivity index (χ1n) is 9.65. The summed E-state index contributed by atoms with van der Waals surface area (Å²) in [6.07, 6.45) is 0.714. The van der Waals surface area contributed by atoms with Crippen LogP contribution in [-0.2, 0) is 4.79 Å². The van der Waals surface area contributed by atoms with E-state index in [1.807, 2.05) is 45.0 Å². The standard InChI is InChI=1S/C22H23ClN4O2S/c1-4-14(3)18(24-19(28)16-10-5-6-11-17(16)23)20(29)25-22-27-26-21(30-22)15-9-7-8-13(2)12-15/h5-12,14,18H,4H2,1-3H3,(H,24,28)(H,25,27,29). The Labute approximate surface area is 184 Å². The predicted molar refractivity (Wildman–Crippen MR) is 121 cm³/mol. The minimum Gasteiger partial charge on any atom is -0.340 e. The highest BCUT2D eigenvalue weighted by atomic mass is 35.5. The molecule has 0 saturated heterocycles. The molecule has 2 N–H and O–H groups in total. The number of amides is 2. The Balaban J connectivity index is 1.75. The molecule has 0 radical (unpaired) electrons. The summed E-state index contributed by atoms with van der Waals surface area (Å²) in [5.41, 5.74) is 2.39. The number of aryl methyl sites for hydroxylation is 1. The number of rotatable bonds is 7. The minimum absolute atomic E-state index is 0.0828. The second-order valence-corrected chi connectivity index (χ2v) is 8.47. The second-order valence-electron chi connectivity index (χ2n) is 7.09. The first kappa shape index (κ1) is 21.9. The summed E-state index contributed by atoms with van der Waals surface area (Å²) in [7, 11) is 0. The van der Waals surface area contributed by atoms with Gasteiger partial charge in [0.25, 0.3) is 5.91 Å². The van der Waals surface area contributed by atoms with Crippen LogP contribution >= 0.6 is 22.9 Å². The molecule has 1 heterocycles. The van der Waals surface area contributed by atoms with Crippen molar-refractivity contribution >= 4 is 39.9 Å². The van der Waals surface area contributed by atoms with E-state index in [1.165, 1.54) is 11.3 Å². The topological polar surface area (TPSA) is 84.0 Å². The number of nitrogens with one attached hydrogen (secondary N) is 2. The first-order chi connectivity index (χ1) is 14.4. The van der Waals surface area contributed by atoms with E-state index in [0.717, 1.165) is 11.1 Å². The van der Waals surface area contributed by atoms with Gasteiger partial charge in [0.2, 0.25) is 11.0 Å². The molecule has 0 aliphatic carbocycles. The van der Waals surface area contributed by atoms with Gasteiger partial charge in [-0.1, -0.05) is 79.1 Å². The Bertz CT molecular complexity index is 1050. The molecule has 0 bridgehead atoms. The third-order valence-electron chi connectivity index (χ3n) is 4.82. The maximum atomic E-state index is 12.9. The largest absolute Gasteiger partial charge is 0.340 e. The average molecular weight is 443 g/mol. The number of aromatic nitrogens is 2. The number of carbonyl (C=O) groups excluding carboxylic acids is 2. The quantitative estimate of drug-likeness (QED) is 0.542. The maximum Gasteiger partial charge on any atom is 0.253 e. The number of hydrogen-bond donors (Lipinski definition) is 2. The summed E-state index contributed by atoms with van der Waals surface area (Å²) in [5.74, 6) is -0.809. The van der Waals surface area contributed by atoms with Gasteiger partial charge in [-0.2, -0.15) is 0 Å². The van der Waals surface area contributed by atoms with Crippen LogP contribution in [0.2, 0.25) is 5.02 Å². The number of hydrogen-bond acceptors (Lipinski definition) is 5. The van der Waals surface area contributed by atoms with Crippen LogP contribution in [0.15, 0.2) is 48.5 Å². The van der Waals surface area contributed by atoms with E-state index in [0.29, 0.717) is 27.1 Å². The summed E-state index contributed by atoms with van der Waals surface area (Å²) in [5, 5.41) is 15.3. The molecule has 3 aromatic rings. The van der Waals surface area contributed by atoms with Gasteiger partial charge in [-0.3, -0.25) is 14.9 Å². The van der Waals surface area contributed by atoms with Gasteiger partial charge in [0.15, 0.2) is 0 Å². The minimum atomic E-state index is -0.731. The molecule has 2 aromatic carbocycles. The fourth-order valence-electron chi connectivity index (χ4n) is 2.92. The highest BCUT2D eigenvalue weighted by Gasteiger charge is 2.28. The van der Waals surface area contributed by atoms with Crippen molar-refractivity contribution in [3.63, 3.8) is 0 Å². The number of nitrogens with zero attached hydrogens (tertiary/aromatic N) is 2. The van der Waals surface area contributed by atoms with Crippen LogP contribution in [0, 0.1) is 12.8 Å². The van der Waals surface area contributed by atoms with Gasteiger partial charge in [0.05, 0.1) is 10.6 Å². The van der Waals surface area contributed by atoms with Gasteiger partial charge in [-0.15, -0.1) is 10.2 Å². The lowest BCUT2D eigenvalue weighted by molar-refractivity contribution is -0.119. The SMILES string of the molecule is CCC(C)C(NC(=O)c1ccccc1Cl)C(=O)Nc1nnc(-c2cccc(C)c2)s1. The van der Waals surface area contributed by atoms with Crippen molar-refractivity contribution in [2.24, 2.45) is 5.92 Å². The van der Waals surface area contributed by atoms with Gasteiger partial charge >= 0.3 is 0 Å². The Morgan fingerprint density at radius 3 is 2.60 bits per heavy atom. The molecule has 30 heavy (non-hydrogen) atoms. The van der Waals surface area contributed by atoms with Crippen LogP contribution in [0.1, 0.15) is 36.2 Å². The summed E-state index contributed by atoms with van der Waals surface area (Å²) in [6.45, 7) is 5.88. The number of carbonyl (C=O) groups is 2. The van der Waals surface area contributed by atoms with Crippen LogP contribution in [0.25, 0.3) is 10.6 Å². The number of halogens is 1. The molecule has 0 spiro atoms. The number of benzene rings is 2. The fraction of sp³-hybridized carbons (Fsp3) is 0.273. The fourth-order valence-corrected chi connectivity index (χ4v) is 3.88. The predicted octanol–water partition coefficient (Wildman–Crippen LogP) is 4.95. The Morgan fingerprint density at radius 1 is 1.13 bits per heavy atom. The van der Waals surface area contributed by atoms with Crippen LogP contribution in [-0.4, -0.2) is 28.1 Å².